The van der Waals surface area contributed by atoms with Crippen molar-refractivity contribution in [3.8, 4) is 0 Å². The maximum Gasteiger partial charge on any atom is 1.00 e. The van der Waals surface area contributed by atoms with E-state index in [0.717, 1.165) is 0 Å². The van der Waals surface area contributed by atoms with Crippen molar-refractivity contribution in [3.05, 3.63) is 0 Å². The Bertz CT molecular complexity index is 588. The van der Waals surface area contributed by atoms with Gasteiger partial charge in [0.1, 0.15) is 15.6 Å². The van der Waals surface area contributed by atoms with Crippen LogP contribution in [-0.2, 0) is 10.1 Å². The van der Waals surface area contributed by atoms with E-state index >= 15 is 0 Å². The predicted molar refractivity (Wildman–Crippen MR) is 42.3 cm³/mol. The largest absolute Gasteiger partial charge is 1.00 e. The molecule has 0 aliphatic heterocycles. The van der Waals surface area contributed by atoms with E-state index in [-0.39, 0.29) is 29.6 Å². The summed E-state index contributed by atoms with van der Waals surface area (Å²) in [5.74, 6) is -4.18. The Morgan fingerprint density at radius 1 is 1.46 bits per heavy atom. The van der Waals surface area contributed by atoms with Crippen molar-refractivity contribution < 1.29 is 62.7 Å². The monoisotopic (exact) mass is 227 g/mol. The smallest absolute Gasteiger partial charge is 0.746 e. The third-order valence-electron chi connectivity index (χ3n) is 1.04. The summed E-state index contributed by atoms with van der Waals surface area (Å²) in [5, 5.41) is 9.55. The van der Waals surface area contributed by atoms with Crippen LogP contribution in [0.5, 0.6) is 0 Å². The molecule has 6 heteroatoms. The summed E-state index contributed by atoms with van der Waals surface area (Å²) < 4.78 is 116. The van der Waals surface area contributed by atoms with E-state index in [1.165, 1.54) is 0 Å². The number of rotatable bonds is 2. The topological polar surface area (TPSA) is 77.4 Å². The van der Waals surface area contributed by atoms with E-state index < -0.39 is 53.3 Å². The average Bonchev–Trinajstić information content (AvgIpc) is 2.33. The molecule has 72 valence electrons. The number of hydrogen-bond acceptors (Lipinski definition) is 4. The Morgan fingerprint density at radius 3 is 2.31 bits per heavy atom. The van der Waals surface area contributed by atoms with E-state index in [2.05, 4.69) is 0 Å². The van der Waals surface area contributed by atoms with Crippen LogP contribution >= 0.6 is 0 Å². The van der Waals surface area contributed by atoms with Crippen molar-refractivity contribution in [2.24, 2.45) is 5.89 Å². The van der Waals surface area contributed by atoms with Gasteiger partial charge in [-0.05, 0) is 18.6 Å². The second kappa shape index (κ2) is 5.68. The molecular weight excluding hydrogens is 203 g/mol. The normalized spacial score (nSPS) is 56.3. The van der Waals surface area contributed by atoms with Crippen LogP contribution in [0.15, 0.2) is 0 Å². The minimum Gasteiger partial charge on any atom is -0.746 e. The number of hydrogen-bond donors (Lipinski definition) is 1. The van der Waals surface area contributed by atoms with Gasteiger partial charge in [-0.1, -0.05) is 19.1 Å². The second-order valence-electron chi connectivity index (χ2n) is 1.88. The van der Waals surface area contributed by atoms with E-state index in [1.54, 1.807) is 0 Å². The molecule has 1 rings (SSSR count). The van der Waals surface area contributed by atoms with Crippen LogP contribution in [0.1, 0.15) is 46.9 Å². The Hall–Kier alpha value is 0.870. The molecule has 0 bridgehead atoms. The zero-order chi connectivity index (χ0) is 19.1. The van der Waals surface area contributed by atoms with Crippen LogP contribution in [0.25, 0.3) is 0 Å². The van der Waals surface area contributed by atoms with Crippen molar-refractivity contribution in [2.75, 3.05) is 0 Å². The summed E-state index contributed by atoms with van der Waals surface area (Å²) in [7, 11) is -5.96. The SMILES string of the molecule is [2H]C1([2H])C([2H])([2H])C([2H])([2H])C([2H])(C(O)S(=O)(=O)[O-])C([2H])([2H])C1([2H])[2H].[Na+]. The molecule has 0 aromatic carbocycles. The van der Waals surface area contributed by atoms with Crippen molar-refractivity contribution in [1.82, 2.24) is 0 Å². The van der Waals surface area contributed by atoms with E-state index in [9.17, 15) is 18.1 Å². The first kappa shape index (κ1) is 4.03. The molecular formula is C7H13NaO4S. The Balaban J connectivity index is 0.00000529. The van der Waals surface area contributed by atoms with Crippen LogP contribution < -0.4 is 29.6 Å². The molecule has 0 heterocycles. The van der Waals surface area contributed by atoms with Crippen LogP contribution in [0, 0.1) is 5.89 Å². The molecule has 1 N–H and O–H groups in total. The zero-order valence-electron chi connectivity index (χ0n) is 17.7. The van der Waals surface area contributed by atoms with Gasteiger partial charge < -0.3 is 9.66 Å². The van der Waals surface area contributed by atoms with Crippen LogP contribution in [-0.4, -0.2) is 23.5 Å². The molecule has 0 radical (unpaired) electrons. The van der Waals surface area contributed by atoms with Crippen molar-refractivity contribution in [3.63, 3.8) is 0 Å². The maximum atomic E-state index is 11.0. The third-order valence-corrected chi connectivity index (χ3v) is 1.82. The Labute approximate surface area is 116 Å². The second-order valence-corrected chi connectivity index (χ2v) is 3.32. The summed E-state index contributed by atoms with van der Waals surface area (Å²) >= 11 is 0. The van der Waals surface area contributed by atoms with Gasteiger partial charge in [0, 0.05) is 15.1 Å². The maximum absolute atomic E-state index is 11.0. The Kier molecular flexibility index (Phi) is 1.76. The minimum absolute atomic E-state index is 0. The van der Waals surface area contributed by atoms with Gasteiger partial charge in [-0.15, -0.1) is 0 Å². The first-order valence-corrected chi connectivity index (χ1v) is 4.25. The molecule has 1 atom stereocenters. The molecule has 1 fully saturated rings. The van der Waals surface area contributed by atoms with Gasteiger partial charge in [-0.3, -0.25) is 0 Å². The first-order chi connectivity index (χ1) is 9.65. The minimum atomic E-state index is -5.96. The fraction of sp³-hybridized carbons (Fsp3) is 1.00. The average molecular weight is 227 g/mol. The van der Waals surface area contributed by atoms with Crippen LogP contribution in [0.4, 0.5) is 0 Å². The molecule has 1 unspecified atom stereocenters. The fourth-order valence-electron chi connectivity index (χ4n) is 0.527. The predicted octanol–water partition coefficient (Wildman–Crippen LogP) is -2.57. The fourth-order valence-corrected chi connectivity index (χ4v) is 0.934. The van der Waals surface area contributed by atoms with E-state index in [4.69, 9.17) is 15.1 Å². The van der Waals surface area contributed by atoms with Gasteiger partial charge in [0.25, 0.3) is 0 Å². The summed E-state index contributed by atoms with van der Waals surface area (Å²) in [5.41, 5.74) is -3.68. The standard InChI is InChI=1S/C7H14O4S.Na/c8-7(12(9,10)11)6-4-2-1-3-5-6;/h6-8H,1-5H2,(H,9,10,11);/q;+1/p-1/i1D2,2D2,3D2,4D2,5D2,6D;. The summed E-state index contributed by atoms with van der Waals surface area (Å²) in [6, 6.07) is 0. The van der Waals surface area contributed by atoms with Crippen molar-refractivity contribution in [1.29, 1.82) is 0 Å². The van der Waals surface area contributed by atoms with E-state index in [1.807, 2.05) is 0 Å². The third kappa shape index (κ3) is 4.27. The molecule has 0 saturated heterocycles. The first-order valence-electron chi connectivity index (χ1n) is 8.28. The molecule has 0 amide bonds. The zero-order valence-corrected chi connectivity index (χ0v) is 9.47. The summed E-state index contributed by atoms with van der Waals surface area (Å²) in [4.78, 5) is 0. The van der Waals surface area contributed by atoms with Gasteiger partial charge in [-0.2, -0.15) is 0 Å². The molecule has 13 heavy (non-hydrogen) atoms. The van der Waals surface area contributed by atoms with Gasteiger partial charge in [0.05, 0.1) is 0 Å². The quantitative estimate of drug-likeness (QED) is 0.416. The molecule has 0 aromatic rings. The number of aliphatic hydroxyl groups is 1. The van der Waals surface area contributed by atoms with E-state index in [0.29, 0.717) is 0 Å². The molecule has 0 aromatic heterocycles. The van der Waals surface area contributed by atoms with Crippen LogP contribution in [0.3, 0.4) is 0 Å². The van der Waals surface area contributed by atoms with Gasteiger partial charge >= 0.3 is 29.6 Å². The van der Waals surface area contributed by atoms with Crippen molar-refractivity contribution >= 4 is 10.1 Å². The number of aliphatic hydroxyl groups excluding tert-OH is 1. The molecule has 1 aliphatic carbocycles. The van der Waals surface area contributed by atoms with Crippen molar-refractivity contribution in [2.45, 2.75) is 37.3 Å². The van der Waals surface area contributed by atoms with Crippen LogP contribution in [0.2, 0.25) is 0 Å². The summed E-state index contributed by atoms with van der Waals surface area (Å²) in [6.45, 7) is 0. The Morgan fingerprint density at radius 2 is 1.92 bits per heavy atom. The molecule has 0 spiro atoms. The molecule has 1 aliphatic rings. The molecule has 1 saturated carbocycles. The molecule has 4 nitrogen and oxygen atoms in total. The summed E-state index contributed by atoms with van der Waals surface area (Å²) in [6.07, 6.45) is -19.9. The van der Waals surface area contributed by atoms with Gasteiger partial charge in [-0.25, -0.2) is 8.42 Å². The van der Waals surface area contributed by atoms with Gasteiger partial charge in [0.15, 0.2) is 0 Å². The van der Waals surface area contributed by atoms with Gasteiger partial charge in [0.2, 0.25) is 0 Å².